The standard InChI is InChI=1S/C33H42N6O9/c1-33(2,3)18-28(40)36-25(30(42)43)7-5-6-8-26(31(44)45)37-29(41)27-17-21(19-38(27)4)20-9-11-22(12-10-20)34-32(46)35-23-13-15-24(16-14-23)39(47)48/h5-6,9-16,21,25-27H,7-8,17-19H2,1-4H3,(H,36,40)(H,37,41)(H,42,43)(H,44,45)(H2,34,35,46). The normalized spacial score (nSPS) is 17.7. The van der Waals surface area contributed by atoms with Crippen LogP contribution in [0, 0.1) is 15.5 Å². The third kappa shape index (κ3) is 11.5. The number of urea groups is 1. The highest BCUT2D eigenvalue weighted by atomic mass is 16.6. The predicted molar refractivity (Wildman–Crippen MR) is 178 cm³/mol. The van der Waals surface area contributed by atoms with Gasteiger partial charge in [-0.25, -0.2) is 14.4 Å². The Kier molecular flexibility index (Phi) is 12.8. The molecule has 0 saturated carbocycles. The van der Waals surface area contributed by atoms with Crippen LogP contribution in [-0.2, 0) is 19.2 Å². The van der Waals surface area contributed by atoms with Crippen molar-refractivity contribution >= 4 is 46.8 Å². The minimum atomic E-state index is -1.24. The van der Waals surface area contributed by atoms with Crippen molar-refractivity contribution in [3.05, 3.63) is 76.4 Å². The molecule has 1 aliphatic rings. The van der Waals surface area contributed by atoms with Crippen LogP contribution in [0.4, 0.5) is 21.9 Å². The summed E-state index contributed by atoms with van der Waals surface area (Å²) in [6.45, 7) is 6.13. The van der Waals surface area contributed by atoms with Crippen LogP contribution < -0.4 is 21.3 Å². The summed E-state index contributed by atoms with van der Waals surface area (Å²) in [7, 11) is 1.78. The highest BCUT2D eigenvalue weighted by Gasteiger charge is 2.36. The van der Waals surface area contributed by atoms with Gasteiger partial charge in [-0.2, -0.15) is 0 Å². The van der Waals surface area contributed by atoms with Gasteiger partial charge in [-0.15, -0.1) is 0 Å². The number of nitro groups is 1. The summed E-state index contributed by atoms with van der Waals surface area (Å²) in [4.78, 5) is 73.3. The van der Waals surface area contributed by atoms with E-state index in [9.17, 15) is 44.3 Å². The summed E-state index contributed by atoms with van der Waals surface area (Å²) >= 11 is 0. The molecule has 48 heavy (non-hydrogen) atoms. The largest absolute Gasteiger partial charge is 0.480 e. The number of non-ortho nitro benzene ring substituents is 1. The van der Waals surface area contributed by atoms with Gasteiger partial charge in [0.25, 0.3) is 5.69 Å². The molecule has 0 bridgehead atoms. The van der Waals surface area contributed by atoms with Gasteiger partial charge in [-0.1, -0.05) is 45.1 Å². The summed E-state index contributed by atoms with van der Waals surface area (Å²) in [5.41, 5.74) is 1.42. The maximum Gasteiger partial charge on any atom is 0.326 e. The fourth-order valence-electron chi connectivity index (χ4n) is 5.25. The number of rotatable bonds is 14. The Morgan fingerprint density at radius 1 is 0.896 bits per heavy atom. The summed E-state index contributed by atoms with van der Waals surface area (Å²) in [5.74, 6) is -3.31. The van der Waals surface area contributed by atoms with Gasteiger partial charge in [-0.05, 0) is 67.5 Å². The molecule has 0 spiro atoms. The van der Waals surface area contributed by atoms with Gasteiger partial charge in [0.1, 0.15) is 12.1 Å². The lowest BCUT2D eigenvalue weighted by Crippen LogP contribution is -2.48. The number of aliphatic carboxylic acids is 2. The molecule has 1 saturated heterocycles. The second kappa shape index (κ2) is 16.5. The zero-order chi connectivity index (χ0) is 35.6. The summed E-state index contributed by atoms with van der Waals surface area (Å²) < 4.78 is 0. The molecule has 3 rings (SSSR count). The second-order valence-electron chi connectivity index (χ2n) is 12.9. The number of carboxylic acid groups (broad SMARTS) is 2. The average Bonchev–Trinajstić information content (AvgIpc) is 3.38. The predicted octanol–water partition coefficient (Wildman–Crippen LogP) is 3.94. The first-order valence-electron chi connectivity index (χ1n) is 15.4. The Morgan fingerprint density at radius 3 is 1.88 bits per heavy atom. The number of hydrogen-bond donors (Lipinski definition) is 6. The number of benzene rings is 2. The molecule has 15 heteroatoms. The van der Waals surface area contributed by atoms with E-state index in [4.69, 9.17) is 0 Å². The highest BCUT2D eigenvalue weighted by molar-refractivity contribution is 5.99. The second-order valence-corrected chi connectivity index (χ2v) is 12.9. The average molecular weight is 667 g/mol. The summed E-state index contributed by atoms with van der Waals surface area (Å²) in [5, 5.41) is 40.3. The van der Waals surface area contributed by atoms with Crippen LogP contribution in [0.25, 0.3) is 0 Å². The fraction of sp³-hybridized carbons (Fsp3) is 0.424. The number of hydrogen-bond acceptors (Lipinski definition) is 8. The molecule has 2 aromatic rings. The van der Waals surface area contributed by atoms with Crippen molar-refractivity contribution in [3.63, 3.8) is 0 Å². The molecule has 4 unspecified atom stereocenters. The quantitative estimate of drug-likeness (QED) is 0.0968. The molecule has 1 aliphatic heterocycles. The Balaban J connectivity index is 1.51. The number of likely N-dealkylation sites (tertiary alicyclic amines) is 1. The van der Waals surface area contributed by atoms with Crippen molar-refractivity contribution in [2.45, 2.75) is 70.5 Å². The van der Waals surface area contributed by atoms with Crippen LogP contribution in [0.3, 0.4) is 0 Å². The van der Waals surface area contributed by atoms with E-state index in [1.807, 2.05) is 37.8 Å². The lowest BCUT2D eigenvalue weighted by molar-refractivity contribution is -0.384. The Labute approximate surface area is 277 Å². The third-order valence-electron chi connectivity index (χ3n) is 7.68. The first-order valence-corrected chi connectivity index (χ1v) is 15.4. The molecule has 258 valence electrons. The van der Waals surface area contributed by atoms with Gasteiger partial charge in [-0.3, -0.25) is 24.6 Å². The number of amides is 4. The minimum absolute atomic E-state index is 0.0293. The van der Waals surface area contributed by atoms with E-state index in [1.165, 1.54) is 36.4 Å². The number of carbonyl (C=O) groups is 5. The third-order valence-corrected chi connectivity index (χ3v) is 7.68. The topological polar surface area (TPSA) is 220 Å². The summed E-state index contributed by atoms with van der Waals surface area (Å²) in [6.07, 6.45) is 3.43. The first-order chi connectivity index (χ1) is 22.5. The Bertz CT molecular complexity index is 1520. The number of carboxylic acids is 2. The van der Waals surface area contributed by atoms with E-state index in [2.05, 4.69) is 21.3 Å². The van der Waals surface area contributed by atoms with E-state index in [1.54, 1.807) is 19.2 Å². The monoisotopic (exact) mass is 666 g/mol. The molecule has 0 radical (unpaired) electrons. The van der Waals surface area contributed by atoms with Gasteiger partial charge in [0.05, 0.1) is 11.0 Å². The molecule has 0 aliphatic carbocycles. The molecule has 4 atom stereocenters. The Morgan fingerprint density at radius 2 is 1.40 bits per heavy atom. The molecule has 0 aromatic heterocycles. The van der Waals surface area contributed by atoms with Gasteiger partial charge in [0.15, 0.2) is 0 Å². The molecule has 1 heterocycles. The van der Waals surface area contributed by atoms with Crippen molar-refractivity contribution in [1.29, 1.82) is 0 Å². The zero-order valence-electron chi connectivity index (χ0n) is 27.3. The number of nitrogens with one attached hydrogen (secondary N) is 4. The number of nitrogens with zero attached hydrogens (tertiary/aromatic N) is 2. The Hall–Kier alpha value is -5.31. The van der Waals surface area contributed by atoms with Gasteiger partial charge in [0.2, 0.25) is 11.8 Å². The lowest BCUT2D eigenvalue weighted by Gasteiger charge is -2.21. The van der Waals surface area contributed by atoms with Crippen molar-refractivity contribution in [2.75, 3.05) is 24.2 Å². The highest BCUT2D eigenvalue weighted by Crippen LogP contribution is 2.31. The van der Waals surface area contributed by atoms with Crippen molar-refractivity contribution < 1.29 is 39.1 Å². The number of likely N-dealkylation sites (N-methyl/N-ethyl adjacent to an activating group) is 1. The maximum absolute atomic E-state index is 13.1. The van der Waals surface area contributed by atoms with Crippen molar-refractivity contribution in [3.8, 4) is 0 Å². The van der Waals surface area contributed by atoms with Gasteiger partial charge >= 0.3 is 18.0 Å². The number of nitro benzene ring substituents is 1. The summed E-state index contributed by atoms with van der Waals surface area (Å²) in [6, 6.07) is 9.02. The van der Waals surface area contributed by atoms with Crippen LogP contribution in [0.2, 0.25) is 0 Å². The molecule has 4 amide bonds. The smallest absolute Gasteiger partial charge is 0.326 e. The lowest BCUT2D eigenvalue weighted by atomic mass is 9.92. The van der Waals surface area contributed by atoms with Crippen LogP contribution in [0.15, 0.2) is 60.7 Å². The molecular formula is C33H42N6O9. The molecular weight excluding hydrogens is 624 g/mol. The van der Waals surface area contributed by atoms with E-state index in [0.29, 0.717) is 24.3 Å². The fourth-order valence-corrected chi connectivity index (χ4v) is 5.25. The van der Waals surface area contributed by atoms with Crippen LogP contribution in [0.5, 0.6) is 0 Å². The van der Waals surface area contributed by atoms with Crippen LogP contribution in [0.1, 0.15) is 57.9 Å². The zero-order valence-corrected chi connectivity index (χ0v) is 27.3. The molecule has 2 aromatic carbocycles. The molecule has 1 fully saturated rings. The minimum Gasteiger partial charge on any atom is -0.480 e. The SMILES string of the molecule is CN1CC(c2ccc(NC(=O)Nc3ccc([N+](=O)[O-])cc3)cc2)CC1C(=O)NC(CC=CCC(NC(=O)CC(C)(C)C)C(=O)O)C(=O)O. The number of carbonyl (C=O) groups excluding carboxylic acids is 3. The molecule has 6 N–H and O–H groups in total. The molecule has 15 nitrogen and oxygen atoms in total. The van der Waals surface area contributed by atoms with Gasteiger partial charge in [0, 0.05) is 36.5 Å². The van der Waals surface area contributed by atoms with E-state index >= 15 is 0 Å². The van der Waals surface area contributed by atoms with Crippen molar-refractivity contribution in [2.24, 2.45) is 5.41 Å². The van der Waals surface area contributed by atoms with E-state index < -0.39 is 52.8 Å². The number of anilines is 2. The van der Waals surface area contributed by atoms with Gasteiger partial charge < -0.3 is 31.5 Å². The first kappa shape index (κ1) is 37.2. The van der Waals surface area contributed by atoms with Crippen LogP contribution >= 0.6 is 0 Å². The van der Waals surface area contributed by atoms with E-state index in [-0.39, 0.29) is 36.3 Å². The maximum atomic E-state index is 13.1. The van der Waals surface area contributed by atoms with Crippen LogP contribution in [-0.4, -0.2) is 81.5 Å². The van der Waals surface area contributed by atoms with E-state index in [0.717, 1.165) is 5.56 Å². The van der Waals surface area contributed by atoms with Crippen molar-refractivity contribution in [1.82, 2.24) is 15.5 Å².